The van der Waals surface area contributed by atoms with Gasteiger partial charge in [-0.1, -0.05) is 6.92 Å². The fraction of sp³-hybridized carbons (Fsp3) is 0.833. The highest BCUT2D eigenvalue weighted by Crippen LogP contribution is 2.19. The number of carbonyl (C=O) groups excluding carboxylic acids is 1. The lowest BCUT2D eigenvalue weighted by molar-refractivity contribution is -0.147. The normalized spacial score (nSPS) is 20.3. The van der Waals surface area contributed by atoms with Crippen molar-refractivity contribution in [3.8, 4) is 0 Å². The molecular formula is C12H23N3O3. The van der Waals surface area contributed by atoms with Crippen molar-refractivity contribution in [2.45, 2.75) is 20.3 Å². The van der Waals surface area contributed by atoms with Crippen LogP contribution in [0.15, 0.2) is 0 Å². The summed E-state index contributed by atoms with van der Waals surface area (Å²) < 4.78 is 0. The van der Waals surface area contributed by atoms with Crippen molar-refractivity contribution < 1.29 is 14.7 Å². The number of rotatable bonds is 4. The van der Waals surface area contributed by atoms with E-state index >= 15 is 0 Å². The van der Waals surface area contributed by atoms with Crippen molar-refractivity contribution in [1.82, 2.24) is 15.1 Å². The van der Waals surface area contributed by atoms with Gasteiger partial charge < -0.3 is 20.2 Å². The maximum atomic E-state index is 11.9. The van der Waals surface area contributed by atoms with Gasteiger partial charge in [0.05, 0.1) is 5.41 Å². The Kier molecular flexibility index (Phi) is 4.95. The number of carboxylic acids is 1. The van der Waals surface area contributed by atoms with E-state index in [0.29, 0.717) is 19.5 Å². The van der Waals surface area contributed by atoms with Gasteiger partial charge in [0, 0.05) is 32.7 Å². The van der Waals surface area contributed by atoms with E-state index in [4.69, 9.17) is 5.11 Å². The first-order chi connectivity index (χ1) is 8.39. The summed E-state index contributed by atoms with van der Waals surface area (Å²) in [6.07, 6.45) is 0.491. The standard InChI is InChI=1S/C12H23N3O3/c1-4-12(2,10(16)17)9-13-11(18)15-7-5-14(3)6-8-15/h4-9H2,1-3H3,(H,13,18)(H,16,17). The number of hydrogen-bond donors (Lipinski definition) is 2. The zero-order valence-corrected chi connectivity index (χ0v) is 11.4. The number of nitrogens with one attached hydrogen (secondary N) is 1. The van der Waals surface area contributed by atoms with Crippen molar-refractivity contribution in [3.05, 3.63) is 0 Å². The largest absolute Gasteiger partial charge is 0.481 e. The number of urea groups is 1. The molecule has 0 bridgehead atoms. The average molecular weight is 257 g/mol. The Morgan fingerprint density at radius 1 is 1.28 bits per heavy atom. The Hall–Kier alpha value is -1.30. The van der Waals surface area contributed by atoms with Crippen LogP contribution in [-0.2, 0) is 4.79 Å². The number of likely N-dealkylation sites (N-methyl/N-ethyl adjacent to an activating group) is 1. The first kappa shape index (κ1) is 14.8. The zero-order valence-electron chi connectivity index (χ0n) is 11.4. The monoisotopic (exact) mass is 257 g/mol. The third-order valence-corrected chi connectivity index (χ3v) is 3.72. The molecule has 1 rings (SSSR count). The van der Waals surface area contributed by atoms with E-state index < -0.39 is 11.4 Å². The highest BCUT2D eigenvalue weighted by atomic mass is 16.4. The molecule has 104 valence electrons. The van der Waals surface area contributed by atoms with E-state index in [2.05, 4.69) is 10.2 Å². The van der Waals surface area contributed by atoms with Gasteiger partial charge in [-0.3, -0.25) is 4.79 Å². The van der Waals surface area contributed by atoms with Crippen LogP contribution in [0.25, 0.3) is 0 Å². The summed E-state index contributed by atoms with van der Waals surface area (Å²) in [6, 6.07) is -0.163. The number of nitrogens with zero attached hydrogens (tertiary/aromatic N) is 2. The number of piperazine rings is 1. The maximum absolute atomic E-state index is 11.9. The second kappa shape index (κ2) is 6.04. The van der Waals surface area contributed by atoms with E-state index in [1.54, 1.807) is 11.8 Å². The summed E-state index contributed by atoms with van der Waals surface area (Å²) in [5, 5.41) is 11.8. The molecule has 1 unspecified atom stereocenters. The SMILES string of the molecule is CCC(C)(CNC(=O)N1CCN(C)CC1)C(=O)O. The fourth-order valence-corrected chi connectivity index (χ4v) is 1.74. The topological polar surface area (TPSA) is 72.9 Å². The van der Waals surface area contributed by atoms with Crippen LogP contribution in [0.3, 0.4) is 0 Å². The van der Waals surface area contributed by atoms with Crippen LogP contribution in [0.2, 0.25) is 0 Å². The van der Waals surface area contributed by atoms with Gasteiger partial charge in [0.15, 0.2) is 0 Å². The minimum Gasteiger partial charge on any atom is -0.481 e. The number of carboxylic acid groups (broad SMARTS) is 1. The molecule has 1 aliphatic heterocycles. The number of amides is 2. The molecule has 0 spiro atoms. The van der Waals surface area contributed by atoms with Crippen LogP contribution in [0, 0.1) is 5.41 Å². The summed E-state index contributed by atoms with van der Waals surface area (Å²) >= 11 is 0. The second-order valence-electron chi connectivity index (χ2n) is 5.17. The quantitative estimate of drug-likeness (QED) is 0.766. The van der Waals surface area contributed by atoms with Gasteiger partial charge in [-0.15, -0.1) is 0 Å². The molecule has 1 atom stereocenters. The molecule has 2 N–H and O–H groups in total. The molecule has 0 aromatic rings. The van der Waals surface area contributed by atoms with Gasteiger partial charge >= 0.3 is 12.0 Å². The Morgan fingerprint density at radius 3 is 2.28 bits per heavy atom. The summed E-state index contributed by atoms with van der Waals surface area (Å²) in [4.78, 5) is 26.9. The van der Waals surface area contributed by atoms with Gasteiger partial charge in [0.1, 0.15) is 0 Å². The van der Waals surface area contributed by atoms with Crippen molar-refractivity contribution in [1.29, 1.82) is 0 Å². The first-order valence-electron chi connectivity index (χ1n) is 6.34. The van der Waals surface area contributed by atoms with Gasteiger partial charge in [-0.05, 0) is 20.4 Å². The van der Waals surface area contributed by atoms with Crippen molar-refractivity contribution in [2.24, 2.45) is 5.41 Å². The van der Waals surface area contributed by atoms with Gasteiger partial charge in [0.2, 0.25) is 0 Å². The third-order valence-electron chi connectivity index (χ3n) is 3.72. The summed E-state index contributed by atoms with van der Waals surface area (Å²) in [7, 11) is 2.02. The number of hydrogen-bond acceptors (Lipinski definition) is 3. The molecule has 0 saturated carbocycles. The molecule has 0 radical (unpaired) electrons. The molecule has 1 heterocycles. The minimum atomic E-state index is -0.887. The summed E-state index contributed by atoms with van der Waals surface area (Å²) in [5.74, 6) is -0.872. The van der Waals surface area contributed by atoms with E-state index in [9.17, 15) is 9.59 Å². The van der Waals surface area contributed by atoms with Crippen molar-refractivity contribution >= 4 is 12.0 Å². The van der Waals surface area contributed by atoms with Crippen LogP contribution in [0.1, 0.15) is 20.3 Å². The average Bonchev–Trinajstić information content (AvgIpc) is 2.36. The Labute approximate surface area is 108 Å². The number of carbonyl (C=O) groups is 2. The van der Waals surface area contributed by atoms with Crippen molar-refractivity contribution in [2.75, 3.05) is 39.8 Å². The van der Waals surface area contributed by atoms with Crippen LogP contribution in [0.4, 0.5) is 4.79 Å². The van der Waals surface area contributed by atoms with Crippen LogP contribution in [0.5, 0.6) is 0 Å². The Morgan fingerprint density at radius 2 is 1.83 bits per heavy atom. The van der Waals surface area contributed by atoms with Crippen LogP contribution in [-0.4, -0.2) is 66.7 Å². The Balaban J connectivity index is 2.43. The molecule has 6 heteroatoms. The maximum Gasteiger partial charge on any atom is 0.317 e. The van der Waals surface area contributed by atoms with E-state index in [0.717, 1.165) is 13.1 Å². The molecule has 1 saturated heterocycles. The molecule has 2 amide bonds. The molecule has 0 aromatic carbocycles. The lowest BCUT2D eigenvalue weighted by Gasteiger charge is -2.33. The molecule has 0 aromatic heterocycles. The van der Waals surface area contributed by atoms with Gasteiger partial charge in [-0.25, -0.2) is 4.79 Å². The molecule has 1 fully saturated rings. The van der Waals surface area contributed by atoms with E-state index in [1.165, 1.54) is 0 Å². The zero-order chi connectivity index (χ0) is 13.8. The van der Waals surface area contributed by atoms with Crippen LogP contribution < -0.4 is 5.32 Å². The summed E-state index contributed by atoms with van der Waals surface area (Å²) in [6.45, 7) is 6.74. The molecule has 0 aliphatic carbocycles. The Bertz CT molecular complexity index is 314. The highest BCUT2D eigenvalue weighted by Gasteiger charge is 2.32. The molecule has 1 aliphatic rings. The molecular weight excluding hydrogens is 234 g/mol. The lowest BCUT2D eigenvalue weighted by atomic mass is 9.88. The van der Waals surface area contributed by atoms with Gasteiger partial charge in [-0.2, -0.15) is 0 Å². The predicted octanol–water partition coefficient (Wildman–Crippen LogP) is 0.444. The van der Waals surface area contributed by atoms with E-state index in [1.807, 2.05) is 14.0 Å². The van der Waals surface area contributed by atoms with Crippen LogP contribution >= 0.6 is 0 Å². The predicted molar refractivity (Wildman–Crippen MR) is 68.5 cm³/mol. The first-order valence-corrected chi connectivity index (χ1v) is 6.34. The third kappa shape index (κ3) is 3.60. The second-order valence-corrected chi connectivity index (χ2v) is 5.17. The smallest absolute Gasteiger partial charge is 0.317 e. The lowest BCUT2D eigenvalue weighted by Crippen LogP contribution is -2.52. The minimum absolute atomic E-state index is 0.163. The molecule has 6 nitrogen and oxygen atoms in total. The highest BCUT2D eigenvalue weighted by molar-refractivity contribution is 5.78. The van der Waals surface area contributed by atoms with E-state index in [-0.39, 0.29) is 12.6 Å². The summed E-state index contributed by atoms with van der Waals surface area (Å²) in [5.41, 5.74) is -0.887. The molecule has 18 heavy (non-hydrogen) atoms. The van der Waals surface area contributed by atoms with Crippen molar-refractivity contribution in [3.63, 3.8) is 0 Å². The van der Waals surface area contributed by atoms with Gasteiger partial charge in [0.25, 0.3) is 0 Å². The number of aliphatic carboxylic acids is 1. The fourth-order valence-electron chi connectivity index (χ4n) is 1.74.